The standard InChI is InChI=1S/C27H26N4O2/c32-26(24-6-7-25-23(19-24)10-15-29-25)30-31(27(33)22-8-13-28-14-9-22)16-11-21(12-17-31)18-20-4-2-1-3-5-20/h1-10,13-15,19,21H,11-12,16-18H2,(H-,29,30,32)/p+1. The van der Waals surface area contributed by atoms with Crippen molar-refractivity contribution in [1.29, 1.82) is 0 Å². The van der Waals surface area contributed by atoms with Crippen LogP contribution in [0.2, 0.25) is 0 Å². The van der Waals surface area contributed by atoms with Gasteiger partial charge >= 0.3 is 5.91 Å². The molecule has 5 rings (SSSR count). The SMILES string of the molecule is O=C(N[N+]1(C(=O)c2ccncc2)CCC(Cc2ccccc2)CC1)c1ccc2[nH]ccc2c1. The maximum Gasteiger partial charge on any atom is 0.370 e. The topological polar surface area (TPSA) is 74.8 Å². The van der Waals surface area contributed by atoms with E-state index >= 15 is 0 Å². The van der Waals surface area contributed by atoms with Gasteiger partial charge in [0.15, 0.2) is 0 Å². The van der Waals surface area contributed by atoms with Gasteiger partial charge in [-0.1, -0.05) is 30.3 Å². The molecule has 33 heavy (non-hydrogen) atoms. The predicted molar refractivity (Wildman–Crippen MR) is 127 cm³/mol. The average Bonchev–Trinajstić information content (AvgIpc) is 3.34. The van der Waals surface area contributed by atoms with E-state index < -0.39 is 0 Å². The zero-order valence-corrected chi connectivity index (χ0v) is 18.4. The van der Waals surface area contributed by atoms with Crippen molar-refractivity contribution in [3.8, 4) is 0 Å². The molecule has 2 amide bonds. The number of carbonyl (C=O) groups is 2. The van der Waals surface area contributed by atoms with E-state index in [0.29, 0.717) is 30.1 Å². The third kappa shape index (κ3) is 4.43. The minimum absolute atomic E-state index is 0.0701. The van der Waals surface area contributed by atoms with Crippen LogP contribution >= 0.6 is 0 Å². The maximum atomic E-state index is 13.6. The molecule has 3 heterocycles. The summed E-state index contributed by atoms with van der Waals surface area (Å²) in [5.41, 5.74) is 6.51. The Balaban J connectivity index is 1.38. The summed E-state index contributed by atoms with van der Waals surface area (Å²) in [5.74, 6) is 0.158. The Kier molecular flexibility index (Phi) is 5.75. The fourth-order valence-corrected chi connectivity index (χ4v) is 4.77. The van der Waals surface area contributed by atoms with E-state index in [9.17, 15) is 9.59 Å². The molecule has 0 unspecified atom stereocenters. The minimum atomic E-state index is -0.234. The number of carbonyl (C=O) groups excluding carboxylic acids is 2. The molecule has 1 aliphatic heterocycles. The second-order valence-electron chi connectivity index (χ2n) is 8.81. The van der Waals surface area contributed by atoms with Crippen LogP contribution in [-0.2, 0) is 6.42 Å². The maximum absolute atomic E-state index is 13.6. The first-order valence-corrected chi connectivity index (χ1v) is 11.4. The number of piperidine rings is 1. The number of amides is 2. The molecule has 1 fully saturated rings. The molecule has 2 aromatic heterocycles. The van der Waals surface area contributed by atoms with E-state index in [2.05, 4.69) is 39.7 Å². The van der Waals surface area contributed by atoms with Crippen LogP contribution in [0.15, 0.2) is 85.3 Å². The van der Waals surface area contributed by atoms with E-state index in [-0.39, 0.29) is 16.4 Å². The number of quaternary nitrogens is 1. The third-order valence-electron chi connectivity index (χ3n) is 6.65. The Morgan fingerprint density at radius 1 is 0.939 bits per heavy atom. The highest BCUT2D eigenvalue weighted by molar-refractivity contribution is 5.98. The fourth-order valence-electron chi connectivity index (χ4n) is 4.77. The summed E-state index contributed by atoms with van der Waals surface area (Å²) in [4.78, 5) is 34.1. The molecule has 2 aromatic carbocycles. The van der Waals surface area contributed by atoms with E-state index in [1.54, 1.807) is 30.6 Å². The number of hydrogen-bond donors (Lipinski definition) is 2. The lowest BCUT2D eigenvalue weighted by atomic mass is 9.89. The van der Waals surface area contributed by atoms with Crippen LogP contribution in [0, 0.1) is 5.92 Å². The number of nitrogens with zero attached hydrogens (tertiary/aromatic N) is 2. The molecule has 0 radical (unpaired) electrons. The number of benzene rings is 2. The zero-order valence-electron chi connectivity index (χ0n) is 18.4. The van der Waals surface area contributed by atoms with Gasteiger partial charge in [-0.05, 0) is 54.3 Å². The summed E-state index contributed by atoms with van der Waals surface area (Å²) >= 11 is 0. The van der Waals surface area contributed by atoms with Crippen molar-refractivity contribution in [2.75, 3.05) is 13.1 Å². The highest BCUT2D eigenvalue weighted by Crippen LogP contribution is 2.28. The van der Waals surface area contributed by atoms with Crippen molar-refractivity contribution >= 4 is 22.7 Å². The highest BCUT2D eigenvalue weighted by atomic mass is 16.2. The fraction of sp³-hybridized carbons (Fsp3) is 0.222. The molecule has 0 saturated carbocycles. The summed E-state index contributed by atoms with van der Waals surface area (Å²) in [6.07, 6.45) is 7.81. The van der Waals surface area contributed by atoms with Crippen molar-refractivity contribution in [3.63, 3.8) is 0 Å². The van der Waals surface area contributed by atoms with Crippen LogP contribution in [0.1, 0.15) is 39.1 Å². The molecule has 0 bridgehead atoms. The number of rotatable bonds is 4. The second kappa shape index (κ2) is 9.00. The van der Waals surface area contributed by atoms with Gasteiger partial charge in [-0.15, -0.1) is 0 Å². The lowest BCUT2D eigenvalue weighted by molar-refractivity contribution is -0.890. The monoisotopic (exact) mass is 439 g/mol. The zero-order chi connectivity index (χ0) is 22.7. The number of aromatic nitrogens is 2. The largest absolute Gasteiger partial charge is 0.370 e. The molecule has 6 heteroatoms. The number of likely N-dealkylation sites (tertiary alicyclic amines) is 1. The number of H-pyrrole nitrogens is 1. The summed E-state index contributed by atoms with van der Waals surface area (Å²) in [7, 11) is 0. The number of pyridine rings is 1. The van der Waals surface area contributed by atoms with Crippen molar-refractivity contribution in [3.05, 3.63) is 102 Å². The van der Waals surface area contributed by atoms with Gasteiger partial charge < -0.3 is 4.98 Å². The van der Waals surface area contributed by atoms with Gasteiger partial charge in [0.05, 0.1) is 5.56 Å². The van der Waals surface area contributed by atoms with Crippen LogP contribution in [0.4, 0.5) is 0 Å². The van der Waals surface area contributed by atoms with Crippen molar-refractivity contribution in [2.45, 2.75) is 19.3 Å². The first kappa shape index (κ1) is 21.1. The summed E-state index contributed by atoms with van der Waals surface area (Å²) < 4.78 is -0.0701. The highest BCUT2D eigenvalue weighted by Gasteiger charge is 2.43. The molecule has 6 nitrogen and oxygen atoms in total. The Morgan fingerprint density at radius 2 is 1.70 bits per heavy atom. The summed E-state index contributed by atoms with van der Waals surface area (Å²) in [6, 6.07) is 21.4. The van der Waals surface area contributed by atoms with Gasteiger partial charge in [-0.3, -0.25) is 9.78 Å². The molecule has 1 saturated heterocycles. The Labute approximate surface area is 192 Å². The van der Waals surface area contributed by atoms with Gasteiger partial charge in [-0.25, -0.2) is 4.79 Å². The van der Waals surface area contributed by atoms with Crippen LogP contribution < -0.4 is 5.43 Å². The molecular formula is C27H27N4O2+. The number of nitrogens with one attached hydrogen (secondary N) is 2. The first-order valence-electron chi connectivity index (χ1n) is 11.4. The molecule has 166 valence electrons. The van der Waals surface area contributed by atoms with Gasteiger partial charge in [0.25, 0.3) is 5.91 Å². The molecule has 0 aliphatic carbocycles. The lowest BCUT2D eigenvalue weighted by Crippen LogP contribution is -2.66. The van der Waals surface area contributed by atoms with Gasteiger partial charge in [-0.2, -0.15) is 10.0 Å². The normalized spacial score (nSPS) is 20.4. The Hall–Kier alpha value is -3.77. The predicted octanol–water partition coefficient (Wildman–Crippen LogP) is 4.52. The quantitative estimate of drug-likeness (QED) is 0.459. The minimum Gasteiger partial charge on any atom is -0.361 e. The van der Waals surface area contributed by atoms with E-state index in [1.165, 1.54) is 5.56 Å². The molecular weight excluding hydrogens is 412 g/mol. The number of aromatic amines is 1. The Morgan fingerprint density at radius 3 is 2.45 bits per heavy atom. The van der Waals surface area contributed by atoms with Gasteiger partial charge in [0.1, 0.15) is 13.1 Å². The van der Waals surface area contributed by atoms with Crippen molar-refractivity contribution < 1.29 is 14.2 Å². The van der Waals surface area contributed by atoms with E-state index in [4.69, 9.17) is 0 Å². The van der Waals surface area contributed by atoms with Crippen LogP contribution in [-0.4, -0.2) is 39.5 Å². The lowest BCUT2D eigenvalue weighted by Gasteiger charge is -2.40. The van der Waals surface area contributed by atoms with Crippen LogP contribution in [0.5, 0.6) is 0 Å². The number of hydrogen-bond acceptors (Lipinski definition) is 3. The van der Waals surface area contributed by atoms with E-state index in [0.717, 1.165) is 30.2 Å². The first-order chi connectivity index (χ1) is 16.1. The molecule has 4 aromatic rings. The molecule has 2 N–H and O–H groups in total. The number of fused-ring (bicyclic) bond motifs is 1. The van der Waals surface area contributed by atoms with Gasteiger partial charge in [0, 0.05) is 47.9 Å². The second-order valence-corrected chi connectivity index (χ2v) is 8.81. The van der Waals surface area contributed by atoms with Crippen LogP contribution in [0.3, 0.4) is 0 Å². The summed E-state index contributed by atoms with van der Waals surface area (Å²) in [5, 5.41) is 0.969. The van der Waals surface area contributed by atoms with Gasteiger partial charge in [0.2, 0.25) is 0 Å². The van der Waals surface area contributed by atoms with Crippen LogP contribution in [0.25, 0.3) is 10.9 Å². The molecule has 0 atom stereocenters. The summed E-state index contributed by atoms with van der Waals surface area (Å²) in [6.45, 7) is 1.13. The van der Waals surface area contributed by atoms with Crippen molar-refractivity contribution in [1.82, 2.24) is 15.4 Å². The van der Waals surface area contributed by atoms with E-state index in [1.807, 2.05) is 30.5 Å². The Bertz CT molecular complexity index is 1260. The third-order valence-corrected chi connectivity index (χ3v) is 6.65. The average molecular weight is 440 g/mol. The van der Waals surface area contributed by atoms with Crippen molar-refractivity contribution in [2.24, 2.45) is 5.92 Å². The smallest absolute Gasteiger partial charge is 0.361 e. The molecule has 0 spiro atoms. The molecule has 1 aliphatic rings.